The lowest BCUT2D eigenvalue weighted by Crippen LogP contribution is -2.64. The fraction of sp³-hybridized carbons (Fsp3) is 0.667. The molecule has 1 aromatic carbocycles. The first-order valence-electron chi connectivity index (χ1n) is 8.40. The van der Waals surface area contributed by atoms with Gasteiger partial charge in [-0.25, -0.2) is 4.39 Å². The molecule has 2 fully saturated rings. The van der Waals surface area contributed by atoms with Crippen molar-refractivity contribution in [3.05, 3.63) is 35.6 Å². The molecule has 1 unspecified atom stereocenters. The quantitative estimate of drug-likeness (QED) is 0.892. The number of halogens is 1. The molecule has 21 heavy (non-hydrogen) atoms. The number of benzene rings is 1. The molecule has 2 aliphatic rings. The SMILES string of the molecule is CCC1(CC)CNC(C2CC2)CN1Cc1ccc(F)cc1. The van der Waals surface area contributed by atoms with Gasteiger partial charge in [0.05, 0.1) is 0 Å². The lowest BCUT2D eigenvalue weighted by molar-refractivity contribution is 0.0202. The van der Waals surface area contributed by atoms with Gasteiger partial charge in [-0.3, -0.25) is 4.90 Å². The van der Waals surface area contributed by atoms with Crippen LogP contribution in [0.3, 0.4) is 0 Å². The fourth-order valence-corrected chi connectivity index (χ4v) is 3.73. The maximum atomic E-state index is 13.1. The standard InChI is InChI=1S/C18H27FN2/c1-3-18(4-2)13-20-17(15-7-8-15)12-21(18)11-14-5-9-16(19)10-6-14/h5-6,9-10,15,17,20H,3-4,7-8,11-13H2,1-2H3. The second-order valence-electron chi connectivity index (χ2n) is 6.76. The first kappa shape index (κ1) is 15.0. The minimum atomic E-state index is -0.146. The Morgan fingerprint density at radius 3 is 2.43 bits per heavy atom. The van der Waals surface area contributed by atoms with Gasteiger partial charge >= 0.3 is 0 Å². The van der Waals surface area contributed by atoms with Gasteiger partial charge in [0.2, 0.25) is 0 Å². The summed E-state index contributed by atoms with van der Waals surface area (Å²) in [6.45, 7) is 7.74. The van der Waals surface area contributed by atoms with Gasteiger partial charge in [-0.05, 0) is 49.3 Å². The van der Waals surface area contributed by atoms with Crippen LogP contribution >= 0.6 is 0 Å². The summed E-state index contributed by atoms with van der Waals surface area (Å²) < 4.78 is 13.1. The van der Waals surface area contributed by atoms with Crippen molar-refractivity contribution in [1.82, 2.24) is 10.2 Å². The summed E-state index contributed by atoms with van der Waals surface area (Å²) in [5, 5.41) is 3.80. The maximum absolute atomic E-state index is 13.1. The Morgan fingerprint density at radius 1 is 1.19 bits per heavy atom. The topological polar surface area (TPSA) is 15.3 Å². The first-order chi connectivity index (χ1) is 10.2. The third kappa shape index (κ3) is 3.14. The Bertz CT molecular complexity index is 463. The lowest BCUT2D eigenvalue weighted by Gasteiger charge is -2.50. The molecular weight excluding hydrogens is 263 g/mol. The Balaban J connectivity index is 1.76. The molecule has 0 radical (unpaired) electrons. The molecular formula is C18H27FN2. The molecule has 0 bridgehead atoms. The average Bonchev–Trinajstić information content (AvgIpc) is 3.34. The van der Waals surface area contributed by atoms with E-state index in [0.29, 0.717) is 6.04 Å². The number of nitrogens with one attached hydrogen (secondary N) is 1. The Morgan fingerprint density at radius 2 is 1.86 bits per heavy atom. The third-order valence-corrected chi connectivity index (χ3v) is 5.58. The van der Waals surface area contributed by atoms with E-state index in [1.807, 2.05) is 12.1 Å². The van der Waals surface area contributed by atoms with Crippen molar-refractivity contribution in [1.29, 1.82) is 0 Å². The van der Waals surface area contributed by atoms with Crippen LogP contribution in [-0.2, 0) is 6.54 Å². The molecule has 1 aliphatic heterocycles. The lowest BCUT2D eigenvalue weighted by atomic mass is 9.86. The molecule has 1 atom stereocenters. The van der Waals surface area contributed by atoms with E-state index in [1.54, 1.807) is 12.1 Å². The highest BCUT2D eigenvalue weighted by atomic mass is 19.1. The third-order valence-electron chi connectivity index (χ3n) is 5.58. The predicted molar refractivity (Wildman–Crippen MR) is 84.6 cm³/mol. The number of hydrogen-bond donors (Lipinski definition) is 1. The molecule has 1 aliphatic carbocycles. The summed E-state index contributed by atoms with van der Waals surface area (Å²) in [6.07, 6.45) is 5.09. The fourth-order valence-electron chi connectivity index (χ4n) is 3.73. The number of nitrogens with zero attached hydrogens (tertiary/aromatic N) is 1. The summed E-state index contributed by atoms with van der Waals surface area (Å²) in [4.78, 5) is 2.65. The van der Waals surface area contributed by atoms with Gasteiger partial charge in [0, 0.05) is 31.2 Å². The molecule has 116 valence electrons. The molecule has 0 spiro atoms. The first-order valence-corrected chi connectivity index (χ1v) is 8.40. The van der Waals surface area contributed by atoms with Crippen LogP contribution in [0.2, 0.25) is 0 Å². The predicted octanol–water partition coefficient (Wildman–Crippen LogP) is 3.57. The van der Waals surface area contributed by atoms with Gasteiger partial charge in [-0.15, -0.1) is 0 Å². The molecule has 0 amide bonds. The van der Waals surface area contributed by atoms with Crippen LogP contribution < -0.4 is 5.32 Å². The highest BCUT2D eigenvalue weighted by Gasteiger charge is 2.43. The van der Waals surface area contributed by atoms with E-state index in [4.69, 9.17) is 0 Å². The van der Waals surface area contributed by atoms with Crippen molar-refractivity contribution in [2.24, 2.45) is 5.92 Å². The van der Waals surface area contributed by atoms with E-state index in [-0.39, 0.29) is 11.4 Å². The van der Waals surface area contributed by atoms with Crippen molar-refractivity contribution in [2.75, 3.05) is 13.1 Å². The Hall–Kier alpha value is -0.930. The van der Waals surface area contributed by atoms with Crippen LogP contribution in [0.15, 0.2) is 24.3 Å². The van der Waals surface area contributed by atoms with E-state index in [2.05, 4.69) is 24.1 Å². The summed E-state index contributed by atoms with van der Waals surface area (Å²) >= 11 is 0. The molecule has 0 aromatic heterocycles. The van der Waals surface area contributed by atoms with Crippen molar-refractivity contribution in [3.63, 3.8) is 0 Å². The van der Waals surface area contributed by atoms with E-state index >= 15 is 0 Å². The minimum absolute atomic E-state index is 0.146. The Labute approximate surface area is 127 Å². The van der Waals surface area contributed by atoms with Gasteiger partial charge in [0.1, 0.15) is 5.82 Å². The number of rotatable bonds is 5. The molecule has 1 saturated heterocycles. The maximum Gasteiger partial charge on any atom is 0.123 e. The van der Waals surface area contributed by atoms with E-state index in [9.17, 15) is 4.39 Å². The van der Waals surface area contributed by atoms with Gasteiger partial charge in [-0.2, -0.15) is 0 Å². The second kappa shape index (κ2) is 6.05. The van der Waals surface area contributed by atoms with Crippen molar-refractivity contribution in [2.45, 2.75) is 57.7 Å². The number of piperazine rings is 1. The highest BCUT2D eigenvalue weighted by molar-refractivity contribution is 5.17. The van der Waals surface area contributed by atoms with Crippen LogP contribution in [-0.4, -0.2) is 29.6 Å². The van der Waals surface area contributed by atoms with Crippen LogP contribution in [0.1, 0.15) is 45.1 Å². The molecule has 2 nitrogen and oxygen atoms in total. The van der Waals surface area contributed by atoms with Gasteiger partial charge < -0.3 is 5.32 Å². The second-order valence-corrected chi connectivity index (χ2v) is 6.76. The van der Waals surface area contributed by atoms with E-state index in [0.717, 1.165) is 38.4 Å². The van der Waals surface area contributed by atoms with Crippen molar-refractivity contribution in [3.8, 4) is 0 Å². The summed E-state index contributed by atoms with van der Waals surface area (Å²) in [6, 6.07) is 7.67. The molecule has 1 aromatic rings. The van der Waals surface area contributed by atoms with Crippen LogP contribution in [0.25, 0.3) is 0 Å². The summed E-state index contributed by atoms with van der Waals surface area (Å²) in [5.41, 5.74) is 1.47. The Kier molecular flexibility index (Phi) is 4.32. The smallest absolute Gasteiger partial charge is 0.123 e. The molecule has 3 rings (SSSR count). The zero-order chi connectivity index (χ0) is 14.9. The van der Waals surface area contributed by atoms with Crippen LogP contribution in [0.5, 0.6) is 0 Å². The molecule has 1 N–H and O–H groups in total. The normalized spacial score (nSPS) is 26.0. The monoisotopic (exact) mass is 290 g/mol. The van der Waals surface area contributed by atoms with Crippen LogP contribution in [0, 0.1) is 11.7 Å². The van der Waals surface area contributed by atoms with Crippen molar-refractivity contribution < 1.29 is 4.39 Å². The molecule has 3 heteroatoms. The summed E-state index contributed by atoms with van der Waals surface area (Å²) in [5.74, 6) is 0.736. The zero-order valence-electron chi connectivity index (χ0n) is 13.2. The van der Waals surface area contributed by atoms with Crippen LogP contribution in [0.4, 0.5) is 4.39 Å². The van der Waals surface area contributed by atoms with E-state index in [1.165, 1.54) is 18.4 Å². The van der Waals surface area contributed by atoms with Gasteiger partial charge in [0.15, 0.2) is 0 Å². The zero-order valence-corrected chi connectivity index (χ0v) is 13.2. The highest BCUT2D eigenvalue weighted by Crippen LogP contribution is 2.37. The summed E-state index contributed by atoms with van der Waals surface area (Å²) in [7, 11) is 0. The largest absolute Gasteiger partial charge is 0.311 e. The average molecular weight is 290 g/mol. The van der Waals surface area contributed by atoms with Gasteiger partial charge in [-0.1, -0.05) is 26.0 Å². The van der Waals surface area contributed by atoms with Crippen molar-refractivity contribution >= 4 is 0 Å². The number of hydrogen-bond acceptors (Lipinski definition) is 2. The van der Waals surface area contributed by atoms with E-state index < -0.39 is 0 Å². The molecule has 1 saturated carbocycles. The minimum Gasteiger partial charge on any atom is -0.311 e. The molecule has 1 heterocycles. The van der Waals surface area contributed by atoms with Gasteiger partial charge in [0.25, 0.3) is 0 Å².